The van der Waals surface area contributed by atoms with Gasteiger partial charge in [0.15, 0.2) is 0 Å². The van der Waals surface area contributed by atoms with Gasteiger partial charge in [0.2, 0.25) is 0 Å². The summed E-state index contributed by atoms with van der Waals surface area (Å²) in [6, 6.07) is 0. The number of nitrogens with zero attached hydrogens (tertiary/aromatic N) is 2. The Labute approximate surface area is 119 Å². The second kappa shape index (κ2) is 7.14. The topological polar surface area (TPSA) is 18.5 Å². The van der Waals surface area contributed by atoms with Crippen LogP contribution in [0.15, 0.2) is 18.0 Å². The van der Waals surface area contributed by atoms with Crippen LogP contribution >= 0.6 is 0 Å². The third kappa shape index (κ3) is 3.62. The van der Waals surface area contributed by atoms with Crippen LogP contribution in [-0.4, -0.2) is 49.2 Å². The number of allylic oxidation sites excluding steroid dienone is 1. The smallest absolute Gasteiger partial charge is 0.0792 e. The molecule has 0 saturated carbocycles. The minimum atomic E-state index is 0.179. The second-order valence-corrected chi connectivity index (χ2v) is 5.82. The molecule has 0 aromatic carbocycles. The Kier molecular flexibility index (Phi) is 6.12. The van der Waals surface area contributed by atoms with Gasteiger partial charge < -0.3 is 10.2 Å². The number of rotatable bonds is 6. The van der Waals surface area contributed by atoms with Gasteiger partial charge >= 0.3 is 0 Å². The molecule has 0 aromatic heterocycles. The van der Waals surface area contributed by atoms with Gasteiger partial charge in [0.05, 0.1) is 11.9 Å². The van der Waals surface area contributed by atoms with Gasteiger partial charge in [-0.2, -0.15) is 0 Å². The maximum atomic E-state index is 3.94. The number of nitrogens with one attached hydrogen (secondary N) is 1. The Hall–Kier alpha value is -0.760. The molecule has 1 N–H and O–H groups in total. The predicted octanol–water partition coefficient (Wildman–Crippen LogP) is 2.66. The molecular weight excluding hydrogens is 234 g/mol. The second-order valence-electron chi connectivity index (χ2n) is 5.82. The molecule has 1 atom stereocenters. The number of piperazine rings is 1. The Bertz CT molecular complexity index is 321. The molecule has 0 unspecified atom stereocenters. The van der Waals surface area contributed by atoms with Gasteiger partial charge in [-0.05, 0) is 19.8 Å². The molecule has 1 aliphatic rings. The molecule has 19 heavy (non-hydrogen) atoms. The number of hydrogen-bond acceptors (Lipinski definition) is 3. The summed E-state index contributed by atoms with van der Waals surface area (Å²) in [6.45, 7) is 17.5. The van der Waals surface area contributed by atoms with Crippen molar-refractivity contribution in [2.75, 3.05) is 33.2 Å². The maximum absolute atomic E-state index is 3.94. The minimum Gasteiger partial charge on any atom is -0.356 e. The third-order valence-electron chi connectivity index (χ3n) is 4.89. The molecule has 1 heterocycles. The number of hydrogen-bond donors (Lipinski definition) is 1. The van der Waals surface area contributed by atoms with Crippen LogP contribution in [-0.2, 0) is 0 Å². The van der Waals surface area contributed by atoms with Gasteiger partial charge in [0.1, 0.15) is 0 Å². The van der Waals surface area contributed by atoms with Gasteiger partial charge in [0.25, 0.3) is 0 Å². The van der Waals surface area contributed by atoms with Gasteiger partial charge in [-0.25, -0.2) is 0 Å². The van der Waals surface area contributed by atoms with Crippen LogP contribution in [0.3, 0.4) is 0 Å². The van der Waals surface area contributed by atoms with Crippen molar-refractivity contribution in [2.24, 2.45) is 5.41 Å². The van der Waals surface area contributed by atoms with E-state index in [4.69, 9.17) is 0 Å². The third-order valence-corrected chi connectivity index (χ3v) is 4.89. The zero-order valence-electron chi connectivity index (χ0n) is 13.4. The van der Waals surface area contributed by atoms with Crippen LogP contribution in [0.4, 0.5) is 0 Å². The van der Waals surface area contributed by atoms with Crippen molar-refractivity contribution in [3.05, 3.63) is 18.0 Å². The summed E-state index contributed by atoms with van der Waals surface area (Å²) < 4.78 is 0. The molecular formula is C16H31N3. The van der Waals surface area contributed by atoms with E-state index in [0.717, 1.165) is 39.0 Å². The molecule has 0 aliphatic carbocycles. The van der Waals surface area contributed by atoms with E-state index in [1.54, 1.807) is 0 Å². The van der Waals surface area contributed by atoms with E-state index in [2.05, 4.69) is 62.2 Å². The molecule has 3 nitrogen and oxygen atoms in total. The first-order chi connectivity index (χ1) is 9.00. The summed E-state index contributed by atoms with van der Waals surface area (Å²) in [6.07, 6.45) is 2.66. The average Bonchev–Trinajstić information content (AvgIpc) is 2.47. The highest BCUT2D eigenvalue weighted by Gasteiger charge is 2.31. The fourth-order valence-corrected chi connectivity index (χ4v) is 2.84. The Morgan fingerprint density at radius 3 is 2.32 bits per heavy atom. The summed E-state index contributed by atoms with van der Waals surface area (Å²) >= 11 is 0. The van der Waals surface area contributed by atoms with E-state index in [1.165, 1.54) is 5.70 Å². The Balaban J connectivity index is 2.83. The quantitative estimate of drug-likeness (QED) is 0.745. The molecule has 0 bridgehead atoms. The van der Waals surface area contributed by atoms with Gasteiger partial charge in [-0.3, -0.25) is 4.90 Å². The Morgan fingerprint density at radius 1 is 1.37 bits per heavy atom. The largest absolute Gasteiger partial charge is 0.356 e. The van der Waals surface area contributed by atoms with E-state index in [1.807, 2.05) is 0 Å². The summed E-state index contributed by atoms with van der Waals surface area (Å²) in [7, 11) is 2.18. The summed E-state index contributed by atoms with van der Waals surface area (Å²) in [4.78, 5) is 4.89. The van der Waals surface area contributed by atoms with E-state index in [9.17, 15) is 0 Å². The van der Waals surface area contributed by atoms with Gasteiger partial charge in [-0.15, -0.1) is 5.73 Å². The van der Waals surface area contributed by atoms with Crippen LogP contribution in [0.25, 0.3) is 0 Å². The lowest BCUT2D eigenvalue weighted by Gasteiger charge is -2.43. The minimum absolute atomic E-state index is 0.179. The van der Waals surface area contributed by atoms with Crippen molar-refractivity contribution in [1.82, 2.24) is 15.1 Å². The van der Waals surface area contributed by atoms with E-state index < -0.39 is 0 Å². The molecule has 0 aromatic rings. The predicted molar refractivity (Wildman–Crippen MR) is 83.0 cm³/mol. The van der Waals surface area contributed by atoms with E-state index in [0.29, 0.717) is 6.17 Å². The summed E-state index contributed by atoms with van der Waals surface area (Å²) in [5, 5.41) is 3.41. The van der Waals surface area contributed by atoms with Crippen molar-refractivity contribution in [3.63, 3.8) is 0 Å². The van der Waals surface area contributed by atoms with E-state index in [-0.39, 0.29) is 5.41 Å². The molecule has 0 radical (unpaired) electrons. The first kappa shape index (κ1) is 16.3. The fraction of sp³-hybridized carbons (Fsp3) is 0.812. The molecule has 3 heteroatoms. The van der Waals surface area contributed by atoms with Crippen LogP contribution < -0.4 is 5.32 Å². The molecule has 0 spiro atoms. The lowest BCUT2D eigenvalue weighted by Crippen LogP contribution is -2.53. The molecule has 110 valence electrons. The van der Waals surface area contributed by atoms with Crippen molar-refractivity contribution in [1.29, 1.82) is 0 Å². The zero-order chi connectivity index (χ0) is 14.5. The van der Waals surface area contributed by atoms with Crippen molar-refractivity contribution in [3.8, 4) is 0 Å². The summed E-state index contributed by atoms with van der Waals surface area (Å²) in [5.74, 6) is 0. The monoisotopic (exact) mass is 265 g/mol. The average molecular weight is 265 g/mol. The van der Waals surface area contributed by atoms with Crippen molar-refractivity contribution >= 4 is 0 Å². The van der Waals surface area contributed by atoms with Crippen molar-refractivity contribution < 1.29 is 0 Å². The van der Waals surface area contributed by atoms with Crippen LogP contribution in [0, 0.1) is 5.41 Å². The first-order valence-electron chi connectivity index (χ1n) is 7.58. The highest BCUT2D eigenvalue weighted by atomic mass is 15.4. The maximum Gasteiger partial charge on any atom is 0.0792 e. The SMILES string of the molecule is C=C=C(N(C)[C@H](C)N1CCNCC1)C(C)(CC)CC. The zero-order valence-corrected chi connectivity index (χ0v) is 13.4. The molecule has 1 rings (SSSR count). The van der Waals surface area contributed by atoms with Crippen molar-refractivity contribution in [2.45, 2.75) is 46.7 Å². The van der Waals surface area contributed by atoms with Crippen LogP contribution in [0.2, 0.25) is 0 Å². The van der Waals surface area contributed by atoms with E-state index >= 15 is 0 Å². The lowest BCUT2D eigenvalue weighted by atomic mass is 9.80. The first-order valence-corrected chi connectivity index (χ1v) is 7.58. The normalized spacial score (nSPS) is 18.8. The lowest BCUT2D eigenvalue weighted by molar-refractivity contribution is 0.0675. The van der Waals surface area contributed by atoms with Gasteiger partial charge in [-0.1, -0.05) is 27.4 Å². The molecule has 1 fully saturated rings. The Morgan fingerprint density at radius 2 is 1.89 bits per heavy atom. The summed E-state index contributed by atoms with van der Waals surface area (Å²) in [5.41, 5.74) is 4.65. The van der Waals surface area contributed by atoms with Crippen LogP contribution in [0.5, 0.6) is 0 Å². The fourth-order valence-electron chi connectivity index (χ4n) is 2.84. The standard InChI is InChI=1S/C16H31N3/c1-7-15(16(5,8-2)9-3)18(6)14(4)19-12-10-17-11-13-19/h14,17H,1,8-13H2,2-6H3/t14-/m0/s1. The molecule has 0 amide bonds. The molecule has 1 saturated heterocycles. The van der Waals surface area contributed by atoms with Crippen LogP contribution in [0.1, 0.15) is 40.5 Å². The highest BCUT2D eigenvalue weighted by Crippen LogP contribution is 2.36. The highest BCUT2D eigenvalue weighted by molar-refractivity contribution is 5.10. The van der Waals surface area contributed by atoms with Gasteiger partial charge in [0, 0.05) is 38.6 Å². The molecule has 1 aliphatic heterocycles.